The van der Waals surface area contributed by atoms with Gasteiger partial charge in [-0.15, -0.1) is 5.10 Å². The zero-order valence-electron chi connectivity index (χ0n) is 10.3. The molecule has 9 heteroatoms. The smallest absolute Gasteiger partial charge is 0.374 e. The Labute approximate surface area is 113 Å². The number of hydrogen-bond donors (Lipinski definition) is 1. The summed E-state index contributed by atoms with van der Waals surface area (Å²) < 4.78 is 11.3. The standard InChI is InChI=1S/C10H13N5O3S/c1-17-9(16)8-7(2-5-18-8)6-19-10-12-13-14-15(10)4-3-11/h2,5H,3-4,6,11H2,1H3. The van der Waals surface area contributed by atoms with Crippen LogP contribution in [-0.2, 0) is 17.0 Å². The predicted octanol–water partition coefficient (Wildman–Crippen LogP) is 0.304. The van der Waals surface area contributed by atoms with Crippen LogP contribution in [0.1, 0.15) is 16.1 Å². The van der Waals surface area contributed by atoms with Gasteiger partial charge in [0.1, 0.15) is 0 Å². The summed E-state index contributed by atoms with van der Waals surface area (Å²) in [5.74, 6) is 0.210. The largest absolute Gasteiger partial charge is 0.463 e. The van der Waals surface area contributed by atoms with E-state index in [0.717, 1.165) is 5.56 Å². The van der Waals surface area contributed by atoms with E-state index in [1.165, 1.54) is 25.1 Å². The Bertz CT molecular complexity index is 553. The van der Waals surface area contributed by atoms with Crippen LogP contribution in [-0.4, -0.2) is 39.8 Å². The number of thioether (sulfide) groups is 1. The van der Waals surface area contributed by atoms with Crippen molar-refractivity contribution in [1.29, 1.82) is 0 Å². The van der Waals surface area contributed by atoms with Crippen molar-refractivity contribution in [3.8, 4) is 0 Å². The predicted molar refractivity (Wildman–Crippen MR) is 66.5 cm³/mol. The SMILES string of the molecule is COC(=O)c1occc1CSc1nnnn1CCN. The summed E-state index contributed by atoms with van der Waals surface area (Å²) in [6, 6.07) is 1.72. The molecule has 19 heavy (non-hydrogen) atoms. The first-order valence-corrected chi connectivity index (χ1v) is 6.48. The molecule has 0 aliphatic carbocycles. The molecule has 0 aliphatic rings. The number of rotatable bonds is 6. The number of tetrazole rings is 1. The van der Waals surface area contributed by atoms with Crippen LogP contribution in [0.3, 0.4) is 0 Å². The topological polar surface area (TPSA) is 109 Å². The van der Waals surface area contributed by atoms with E-state index in [9.17, 15) is 4.79 Å². The van der Waals surface area contributed by atoms with Crippen molar-refractivity contribution in [3.63, 3.8) is 0 Å². The first-order chi connectivity index (χ1) is 9.26. The van der Waals surface area contributed by atoms with Crippen molar-refractivity contribution >= 4 is 17.7 Å². The maximum Gasteiger partial charge on any atom is 0.374 e. The summed E-state index contributed by atoms with van der Waals surface area (Å²) in [5, 5.41) is 11.9. The van der Waals surface area contributed by atoms with Gasteiger partial charge >= 0.3 is 5.97 Å². The molecule has 2 heterocycles. The molecule has 2 aromatic heterocycles. The first-order valence-electron chi connectivity index (χ1n) is 5.50. The normalized spacial score (nSPS) is 10.6. The molecular weight excluding hydrogens is 270 g/mol. The van der Waals surface area contributed by atoms with Crippen molar-refractivity contribution in [2.24, 2.45) is 5.73 Å². The van der Waals surface area contributed by atoms with Crippen LogP contribution in [0.15, 0.2) is 21.9 Å². The Hall–Kier alpha value is -1.87. The molecule has 0 fully saturated rings. The lowest BCUT2D eigenvalue weighted by Gasteiger charge is -2.02. The second-order valence-corrected chi connectivity index (χ2v) is 4.47. The van der Waals surface area contributed by atoms with Gasteiger partial charge < -0.3 is 14.9 Å². The van der Waals surface area contributed by atoms with E-state index in [1.807, 2.05) is 0 Å². The summed E-state index contributed by atoms with van der Waals surface area (Å²) in [6.07, 6.45) is 1.45. The van der Waals surface area contributed by atoms with Gasteiger partial charge in [-0.25, -0.2) is 9.48 Å². The average molecular weight is 283 g/mol. The van der Waals surface area contributed by atoms with Crippen molar-refractivity contribution in [3.05, 3.63) is 23.7 Å². The van der Waals surface area contributed by atoms with Crippen LogP contribution in [0.5, 0.6) is 0 Å². The number of ether oxygens (including phenoxy) is 1. The van der Waals surface area contributed by atoms with Gasteiger partial charge in [-0.05, 0) is 16.5 Å². The van der Waals surface area contributed by atoms with Crippen LogP contribution in [0.25, 0.3) is 0 Å². The fourth-order valence-electron chi connectivity index (χ4n) is 1.43. The van der Waals surface area contributed by atoms with Crippen LogP contribution >= 0.6 is 11.8 Å². The van der Waals surface area contributed by atoms with Crippen LogP contribution < -0.4 is 5.73 Å². The van der Waals surface area contributed by atoms with E-state index in [0.29, 0.717) is 24.0 Å². The van der Waals surface area contributed by atoms with Crippen molar-refractivity contribution in [1.82, 2.24) is 20.2 Å². The zero-order valence-corrected chi connectivity index (χ0v) is 11.1. The molecule has 0 aromatic carbocycles. The lowest BCUT2D eigenvalue weighted by molar-refractivity contribution is 0.0564. The van der Waals surface area contributed by atoms with E-state index in [1.54, 1.807) is 10.7 Å². The van der Waals surface area contributed by atoms with Crippen LogP contribution in [0.4, 0.5) is 0 Å². The third kappa shape index (κ3) is 3.12. The van der Waals surface area contributed by atoms with E-state index in [2.05, 4.69) is 20.3 Å². The van der Waals surface area contributed by atoms with Gasteiger partial charge in [0.25, 0.3) is 0 Å². The molecule has 0 spiro atoms. The number of carbonyl (C=O) groups is 1. The van der Waals surface area contributed by atoms with Crippen LogP contribution in [0, 0.1) is 0 Å². The van der Waals surface area contributed by atoms with Gasteiger partial charge in [0.05, 0.1) is 19.9 Å². The molecule has 2 aromatic rings. The number of methoxy groups -OCH3 is 1. The first kappa shape index (κ1) is 13.6. The molecule has 0 unspecified atom stereocenters. The number of aromatic nitrogens is 4. The molecule has 0 radical (unpaired) electrons. The summed E-state index contributed by atoms with van der Waals surface area (Å²) in [5.41, 5.74) is 6.19. The minimum atomic E-state index is -0.498. The summed E-state index contributed by atoms with van der Waals surface area (Å²) in [6.45, 7) is 1.00. The summed E-state index contributed by atoms with van der Waals surface area (Å²) in [7, 11) is 1.31. The van der Waals surface area contributed by atoms with Crippen molar-refractivity contribution in [2.45, 2.75) is 17.5 Å². The molecule has 0 aliphatic heterocycles. The van der Waals surface area contributed by atoms with E-state index < -0.39 is 5.97 Å². The molecule has 0 bridgehead atoms. The Morgan fingerprint density at radius 2 is 2.47 bits per heavy atom. The van der Waals surface area contributed by atoms with Crippen molar-refractivity contribution < 1.29 is 13.9 Å². The lowest BCUT2D eigenvalue weighted by atomic mass is 10.3. The number of hydrogen-bond acceptors (Lipinski definition) is 8. The Balaban J connectivity index is 2.04. The molecule has 102 valence electrons. The number of nitrogens with zero attached hydrogens (tertiary/aromatic N) is 4. The minimum Gasteiger partial charge on any atom is -0.463 e. The quantitative estimate of drug-likeness (QED) is 0.595. The second-order valence-electron chi connectivity index (χ2n) is 3.53. The second kappa shape index (κ2) is 6.34. The monoisotopic (exact) mass is 283 g/mol. The highest BCUT2D eigenvalue weighted by Gasteiger charge is 2.17. The molecule has 2 rings (SSSR count). The minimum absolute atomic E-state index is 0.202. The van der Waals surface area contributed by atoms with Gasteiger partial charge in [0, 0.05) is 17.9 Å². The fourth-order valence-corrected chi connectivity index (χ4v) is 2.31. The number of furan rings is 1. The molecule has 0 amide bonds. The maximum atomic E-state index is 11.4. The molecule has 0 saturated heterocycles. The highest BCUT2D eigenvalue weighted by Crippen LogP contribution is 2.23. The Kier molecular flexibility index (Phi) is 4.53. The Morgan fingerprint density at radius 3 is 3.21 bits per heavy atom. The van der Waals surface area contributed by atoms with E-state index in [-0.39, 0.29) is 5.76 Å². The fraction of sp³-hybridized carbons (Fsp3) is 0.400. The number of nitrogens with two attached hydrogens (primary N) is 1. The van der Waals surface area contributed by atoms with Crippen LogP contribution in [0.2, 0.25) is 0 Å². The lowest BCUT2D eigenvalue weighted by Crippen LogP contribution is -2.12. The van der Waals surface area contributed by atoms with E-state index in [4.69, 9.17) is 10.2 Å². The number of carbonyl (C=O) groups excluding carboxylic acids is 1. The summed E-state index contributed by atoms with van der Waals surface area (Å²) >= 11 is 1.40. The van der Waals surface area contributed by atoms with Gasteiger partial charge in [0.2, 0.25) is 10.9 Å². The highest BCUT2D eigenvalue weighted by atomic mass is 32.2. The van der Waals surface area contributed by atoms with Gasteiger partial charge in [-0.1, -0.05) is 11.8 Å². The van der Waals surface area contributed by atoms with Gasteiger partial charge in [0.15, 0.2) is 0 Å². The molecule has 2 N–H and O–H groups in total. The molecule has 8 nitrogen and oxygen atoms in total. The van der Waals surface area contributed by atoms with Crippen molar-refractivity contribution in [2.75, 3.05) is 13.7 Å². The number of esters is 1. The van der Waals surface area contributed by atoms with Gasteiger partial charge in [-0.3, -0.25) is 0 Å². The van der Waals surface area contributed by atoms with E-state index >= 15 is 0 Å². The highest BCUT2D eigenvalue weighted by molar-refractivity contribution is 7.98. The molecule has 0 saturated carbocycles. The van der Waals surface area contributed by atoms with Gasteiger partial charge in [-0.2, -0.15) is 0 Å². The maximum absolute atomic E-state index is 11.4. The molecular formula is C10H13N5O3S. The Morgan fingerprint density at radius 1 is 1.63 bits per heavy atom. The zero-order chi connectivity index (χ0) is 13.7. The third-order valence-corrected chi connectivity index (χ3v) is 3.32. The average Bonchev–Trinajstić information content (AvgIpc) is 3.04. The third-order valence-electron chi connectivity index (χ3n) is 2.31. The molecule has 0 atom stereocenters. The summed E-state index contributed by atoms with van der Waals surface area (Å²) in [4.78, 5) is 11.4.